The first kappa shape index (κ1) is 10.1. The first-order chi connectivity index (χ1) is 5.89. The molecular weight excluding hydrogens is 164 g/mol. The number of hydrogen-bond acceptors (Lipinski definition) is 2. The van der Waals surface area contributed by atoms with E-state index in [2.05, 4.69) is 31.0 Å². The number of hydrogen-bond donors (Lipinski definition) is 1. The molecular formula is C10H18N2O. The van der Waals surface area contributed by atoms with E-state index in [1.807, 2.05) is 19.9 Å². The van der Waals surface area contributed by atoms with Gasteiger partial charge in [0, 0.05) is 17.2 Å². The Morgan fingerprint density at radius 1 is 1.38 bits per heavy atom. The molecule has 0 aliphatic heterocycles. The van der Waals surface area contributed by atoms with Crippen LogP contribution in [0.1, 0.15) is 40.3 Å². The largest absolute Gasteiger partial charge is 0.474 e. The lowest BCUT2D eigenvalue weighted by Crippen LogP contribution is -2.11. The van der Waals surface area contributed by atoms with Crippen molar-refractivity contribution in [2.75, 3.05) is 0 Å². The van der Waals surface area contributed by atoms with Crippen molar-refractivity contribution in [1.82, 2.24) is 10.2 Å². The molecule has 1 rings (SSSR count). The zero-order valence-electron chi connectivity index (χ0n) is 9.01. The Balaban J connectivity index is 2.75. The summed E-state index contributed by atoms with van der Waals surface area (Å²) >= 11 is 0. The molecule has 0 aliphatic carbocycles. The summed E-state index contributed by atoms with van der Waals surface area (Å²) in [5.74, 6) is 0.680. The Kier molecular flexibility index (Phi) is 2.64. The summed E-state index contributed by atoms with van der Waals surface area (Å²) in [7, 11) is 0. The molecule has 0 saturated carbocycles. The fourth-order valence-electron chi connectivity index (χ4n) is 0.989. The third kappa shape index (κ3) is 2.76. The van der Waals surface area contributed by atoms with Crippen molar-refractivity contribution in [2.24, 2.45) is 0 Å². The van der Waals surface area contributed by atoms with E-state index < -0.39 is 0 Å². The van der Waals surface area contributed by atoms with Crippen molar-refractivity contribution in [2.45, 2.75) is 46.1 Å². The van der Waals surface area contributed by atoms with Crippen LogP contribution in [-0.4, -0.2) is 16.3 Å². The normalized spacial score (nSPS) is 12.2. The first-order valence-corrected chi connectivity index (χ1v) is 4.62. The zero-order chi connectivity index (χ0) is 10.1. The van der Waals surface area contributed by atoms with Gasteiger partial charge in [0.1, 0.15) is 0 Å². The third-order valence-electron chi connectivity index (χ3n) is 1.72. The molecule has 0 amide bonds. The molecule has 0 radical (unpaired) electrons. The Morgan fingerprint density at radius 3 is 2.38 bits per heavy atom. The SMILES string of the molecule is CC(C)Oc1cc(C(C)(C)C)[nH]n1. The molecule has 0 fully saturated rings. The summed E-state index contributed by atoms with van der Waals surface area (Å²) in [6.45, 7) is 10.4. The molecule has 0 aliphatic rings. The van der Waals surface area contributed by atoms with Crippen molar-refractivity contribution < 1.29 is 4.74 Å². The van der Waals surface area contributed by atoms with Crippen LogP contribution in [0.2, 0.25) is 0 Å². The van der Waals surface area contributed by atoms with Crippen LogP contribution in [0.4, 0.5) is 0 Å². The van der Waals surface area contributed by atoms with Gasteiger partial charge in [0.15, 0.2) is 0 Å². The maximum Gasteiger partial charge on any atom is 0.233 e. The van der Waals surface area contributed by atoms with Crippen LogP contribution in [0.15, 0.2) is 6.07 Å². The number of aromatic amines is 1. The van der Waals surface area contributed by atoms with Crippen LogP contribution < -0.4 is 4.74 Å². The zero-order valence-corrected chi connectivity index (χ0v) is 9.01. The lowest BCUT2D eigenvalue weighted by molar-refractivity contribution is 0.232. The highest BCUT2D eigenvalue weighted by molar-refractivity contribution is 5.20. The molecule has 0 atom stereocenters. The molecule has 0 saturated heterocycles. The van der Waals surface area contributed by atoms with E-state index in [0.29, 0.717) is 5.88 Å². The second kappa shape index (κ2) is 3.40. The highest BCUT2D eigenvalue weighted by Gasteiger charge is 2.17. The van der Waals surface area contributed by atoms with Gasteiger partial charge < -0.3 is 4.74 Å². The lowest BCUT2D eigenvalue weighted by atomic mass is 9.93. The fourth-order valence-corrected chi connectivity index (χ4v) is 0.989. The van der Waals surface area contributed by atoms with E-state index >= 15 is 0 Å². The number of nitrogens with one attached hydrogen (secondary N) is 1. The minimum Gasteiger partial charge on any atom is -0.474 e. The van der Waals surface area contributed by atoms with Crippen molar-refractivity contribution >= 4 is 0 Å². The molecule has 3 nitrogen and oxygen atoms in total. The Bertz CT molecular complexity index is 271. The monoisotopic (exact) mass is 182 g/mol. The molecule has 1 aromatic rings. The number of ether oxygens (including phenoxy) is 1. The minimum absolute atomic E-state index is 0.103. The van der Waals surface area contributed by atoms with Gasteiger partial charge >= 0.3 is 0 Å². The quantitative estimate of drug-likeness (QED) is 0.763. The predicted octanol–water partition coefficient (Wildman–Crippen LogP) is 2.49. The molecule has 1 heterocycles. The standard InChI is InChI=1S/C10H18N2O/c1-7(2)13-9-6-8(11-12-9)10(3,4)5/h6-7H,1-5H3,(H,11,12). The smallest absolute Gasteiger partial charge is 0.233 e. The van der Waals surface area contributed by atoms with Crippen LogP contribution in [0.3, 0.4) is 0 Å². The summed E-state index contributed by atoms with van der Waals surface area (Å²) in [6, 6.07) is 1.96. The van der Waals surface area contributed by atoms with Gasteiger partial charge in [-0.25, -0.2) is 0 Å². The number of H-pyrrole nitrogens is 1. The van der Waals surface area contributed by atoms with Gasteiger partial charge in [0.05, 0.1) is 6.10 Å². The molecule has 0 aromatic carbocycles. The lowest BCUT2D eigenvalue weighted by Gasteiger charge is -2.14. The van der Waals surface area contributed by atoms with Crippen molar-refractivity contribution in [3.8, 4) is 5.88 Å². The third-order valence-corrected chi connectivity index (χ3v) is 1.72. The molecule has 0 bridgehead atoms. The van der Waals surface area contributed by atoms with E-state index in [9.17, 15) is 0 Å². The minimum atomic E-state index is 0.103. The summed E-state index contributed by atoms with van der Waals surface area (Å²) < 4.78 is 5.45. The van der Waals surface area contributed by atoms with Crippen LogP contribution in [0.5, 0.6) is 5.88 Å². The van der Waals surface area contributed by atoms with Gasteiger partial charge in [0.2, 0.25) is 5.88 Å². The fraction of sp³-hybridized carbons (Fsp3) is 0.700. The summed E-state index contributed by atoms with van der Waals surface area (Å²) in [4.78, 5) is 0. The Hall–Kier alpha value is -0.990. The Labute approximate surface area is 79.5 Å². The van der Waals surface area contributed by atoms with Gasteiger partial charge in [-0.3, -0.25) is 5.10 Å². The molecule has 0 spiro atoms. The molecule has 3 heteroatoms. The summed E-state index contributed by atoms with van der Waals surface area (Å²) in [6.07, 6.45) is 0.177. The van der Waals surface area contributed by atoms with Gasteiger partial charge in [0.25, 0.3) is 0 Å². The Morgan fingerprint density at radius 2 is 2.00 bits per heavy atom. The van der Waals surface area contributed by atoms with E-state index in [0.717, 1.165) is 5.69 Å². The molecule has 13 heavy (non-hydrogen) atoms. The summed E-state index contributed by atoms with van der Waals surface area (Å²) in [5.41, 5.74) is 1.20. The first-order valence-electron chi connectivity index (χ1n) is 4.62. The predicted molar refractivity (Wildman–Crippen MR) is 53.1 cm³/mol. The van der Waals surface area contributed by atoms with E-state index in [1.165, 1.54) is 0 Å². The van der Waals surface area contributed by atoms with Crippen molar-refractivity contribution in [1.29, 1.82) is 0 Å². The van der Waals surface area contributed by atoms with Gasteiger partial charge in [-0.15, -0.1) is 5.10 Å². The highest BCUT2D eigenvalue weighted by Crippen LogP contribution is 2.23. The molecule has 74 valence electrons. The molecule has 0 unspecified atom stereocenters. The van der Waals surface area contributed by atoms with Gasteiger partial charge in [-0.2, -0.15) is 0 Å². The topological polar surface area (TPSA) is 37.9 Å². The van der Waals surface area contributed by atoms with Crippen LogP contribution in [0.25, 0.3) is 0 Å². The molecule has 1 aromatic heterocycles. The second-order valence-electron chi connectivity index (χ2n) is 4.54. The van der Waals surface area contributed by atoms with Crippen LogP contribution in [0, 0.1) is 0 Å². The highest BCUT2D eigenvalue weighted by atomic mass is 16.5. The van der Waals surface area contributed by atoms with E-state index in [-0.39, 0.29) is 11.5 Å². The van der Waals surface area contributed by atoms with Gasteiger partial charge in [-0.05, 0) is 13.8 Å². The van der Waals surface area contributed by atoms with Crippen molar-refractivity contribution in [3.63, 3.8) is 0 Å². The van der Waals surface area contributed by atoms with Crippen LogP contribution >= 0.6 is 0 Å². The van der Waals surface area contributed by atoms with Crippen molar-refractivity contribution in [3.05, 3.63) is 11.8 Å². The maximum atomic E-state index is 5.45. The second-order valence-corrected chi connectivity index (χ2v) is 4.54. The van der Waals surface area contributed by atoms with E-state index in [4.69, 9.17) is 4.74 Å². The number of aromatic nitrogens is 2. The maximum absolute atomic E-state index is 5.45. The average molecular weight is 182 g/mol. The average Bonchev–Trinajstić information content (AvgIpc) is 2.32. The summed E-state index contributed by atoms with van der Waals surface area (Å²) in [5, 5.41) is 7.05. The molecule has 1 N–H and O–H groups in total. The van der Waals surface area contributed by atoms with Crippen LogP contribution in [-0.2, 0) is 5.41 Å². The van der Waals surface area contributed by atoms with E-state index in [1.54, 1.807) is 0 Å². The number of rotatable bonds is 2. The number of nitrogens with zero attached hydrogens (tertiary/aromatic N) is 1. The van der Waals surface area contributed by atoms with Gasteiger partial charge in [-0.1, -0.05) is 20.8 Å².